The van der Waals surface area contributed by atoms with E-state index in [0.717, 1.165) is 16.3 Å². The van der Waals surface area contributed by atoms with Crippen LogP contribution in [0.3, 0.4) is 0 Å². The minimum Gasteiger partial charge on any atom is -0.382 e. The van der Waals surface area contributed by atoms with Crippen molar-refractivity contribution in [1.29, 1.82) is 0 Å². The summed E-state index contributed by atoms with van der Waals surface area (Å²) >= 11 is 0. The molecule has 6 heteroatoms. The van der Waals surface area contributed by atoms with Crippen LogP contribution in [0.5, 0.6) is 0 Å². The minimum absolute atomic E-state index is 0.0869. The fourth-order valence-corrected chi connectivity index (χ4v) is 2.57. The summed E-state index contributed by atoms with van der Waals surface area (Å²) in [5, 5.41) is 7.71. The molecular formula is C19H25N3O3. The van der Waals surface area contributed by atoms with Crippen LogP contribution in [0.4, 0.5) is 0 Å². The van der Waals surface area contributed by atoms with Crippen LogP contribution in [-0.4, -0.2) is 37.6 Å². The average molecular weight is 343 g/mol. The number of ether oxygens (including phenoxy) is 1. The lowest BCUT2D eigenvalue weighted by Crippen LogP contribution is -2.53. The molecule has 0 unspecified atom stereocenters. The fourth-order valence-electron chi connectivity index (χ4n) is 2.57. The predicted molar refractivity (Wildman–Crippen MR) is 97.9 cm³/mol. The maximum atomic E-state index is 12.4. The van der Waals surface area contributed by atoms with Gasteiger partial charge in [0.25, 0.3) is 0 Å². The summed E-state index contributed by atoms with van der Waals surface area (Å²) in [7, 11) is 1.48. The number of benzene rings is 2. The number of nitrogens with two attached hydrogens (primary N) is 1. The van der Waals surface area contributed by atoms with Gasteiger partial charge in [0.15, 0.2) is 0 Å². The van der Waals surface area contributed by atoms with Gasteiger partial charge in [-0.15, -0.1) is 0 Å². The largest absolute Gasteiger partial charge is 0.382 e. The third-order valence-electron chi connectivity index (χ3n) is 4.08. The highest BCUT2D eigenvalue weighted by atomic mass is 16.5. The molecule has 0 bridgehead atoms. The zero-order chi connectivity index (χ0) is 18.2. The number of nitrogens with one attached hydrogen (secondary N) is 2. The Morgan fingerprint density at radius 3 is 2.56 bits per heavy atom. The zero-order valence-corrected chi connectivity index (χ0v) is 14.6. The lowest BCUT2D eigenvalue weighted by molar-refractivity contribution is -0.131. The molecule has 25 heavy (non-hydrogen) atoms. The summed E-state index contributed by atoms with van der Waals surface area (Å²) < 4.78 is 5.05. The Morgan fingerprint density at radius 1 is 1.12 bits per heavy atom. The number of amides is 2. The van der Waals surface area contributed by atoms with E-state index in [0.29, 0.717) is 13.0 Å². The molecule has 2 amide bonds. The molecule has 0 aliphatic rings. The van der Waals surface area contributed by atoms with Crippen molar-refractivity contribution in [3.8, 4) is 0 Å². The molecule has 0 aliphatic heterocycles. The number of rotatable bonds is 8. The van der Waals surface area contributed by atoms with Crippen molar-refractivity contribution in [2.75, 3.05) is 13.7 Å². The summed E-state index contributed by atoms with van der Waals surface area (Å²) in [6.45, 7) is 2.27. The Labute approximate surface area is 147 Å². The number of fused-ring (bicyclic) bond motifs is 1. The van der Waals surface area contributed by atoms with Gasteiger partial charge in [-0.2, -0.15) is 0 Å². The molecule has 0 heterocycles. The van der Waals surface area contributed by atoms with Gasteiger partial charge in [-0.1, -0.05) is 49.4 Å². The van der Waals surface area contributed by atoms with Gasteiger partial charge in [0.1, 0.15) is 6.04 Å². The maximum absolute atomic E-state index is 12.4. The number of hydrogen-bond donors (Lipinski definition) is 3. The molecule has 0 saturated carbocycles. The van der Waals surface area contributed by atoms with E-state index in [1.165, 1.54) is 7.11 Å². The smallest absolute Gasteiger partial charge is 0.245 e. The summed E-state index contributed by atoms with van der Waals surface area (Å²) in [4.78, 5) is 24.4. The predicted octanol–water partition coefficient (Wildman–Crippen LogP) is 1.32. The highest BCUT2D eigenvalue weighted by Crippen LogP contribution is 2.18. The maximum Gasteiger partial charge on any atom is 0.245 e. The van der Waals surface area contributed by atoms with Crippen molar-refractivity contribution in [3.63, 3.8) is 0 Å². The SMILES string of the molecule is CC[C@H](N)C(=O)N[C@@H](COC)C(=O)NCc1cccc2ccccc12. The Balaban J connectivity index is 2.04. The first kappa shape index (κ1) is 18.9. The Morgan fingerprint density at radius 2 is 1.84 bits per heavy atom. The second kappa shape index (κ2) is 9.15. The first-order valence-corrected chi connectivity index (χ1v) is 8.36. The van der Waals surface area contributed by atoms with E-state index >= 15 is 0 Å². The molecule has 2 aromatic rings. The van der Waals surface area contributed by atoms with Crippen LogP contribution >= 0.6 is 0 Å². The van der Waals surface area contributed by atoms with Gasteiger partial charge in [-0.3, -0.25) is 9.59 Å². The van der Waals surface area contributed by atoms with Crippen molar-refractivity contribution >= 4 is 22.6 Å². The standard InChI is InChI=1S/C19H25N3O3/c1-3-16(20)18(23)22-17(12-25-2)19(24)21-11-14-9-6-8-13-7-4-5-10-15(13)14/h4-10,16-17H,3,11-12,20H2,1-2H3,(H,21,24)(H,22,23)/t16-,17-/m0/s1. The van der Waals surface area contributed by atoms with Crippen LogP contribution < -0.4 is 16.4 Å². The molecule has 2 rings (SSSR count). The van der Waals surface area contributed by atoms with Crippen molar-refractivity contribution in [1.82, 2.24) is 10.6 Å². The van der Waals surface area contributed by atoms with E-state index in [1.807, 2.05) is 49.4 Å². The highest BCUT2D eigenvalue weighted by molar-refractivity contribution is 5.90. The van der Waals surface area contributed by atoms with Gasteiger partial charge in [-0.25, -0.2) is 0 Å². The van der Waals surface area contributed by atoms with E-state index < -0.39 is 12.1 Å². The van der Waals surface area contributed by atoms with Gasteiger partial charge < -0.3 is 21.1 Å². The number of methoxy groups -OCH3 is 1. The van der Waals surface area contributed by atoms with E-state index in [4.69, 9.17) is 10.5 Å². The second-order valence-electron chi connectivity index (χ2n) is 5.89. The fraction of sp³-hybridized carbons (Fsp3) is 0.368. The molecule has 4 N–H and O–H groups in total. The molecule has 0 fully saturated rings. The minimum atomic E-state index is -0.773. The molecule has 0 spiro atoms. The Bertz CT molecular complexity index is 727. The molecule has 0 aliphatic carbocycles. The number of hydrogen-bond acceptors (Lipinski definition) is 4. The molecule has 0 saturated heterocycles. The molecule has 2 atom stereocenters. The third kappa shape index (κ3) is 5.01. The van der Waals surface area contributed by atoms with Gasteiger partial charge in [0.2, 0.25) is 11.8 Å². The Kier molecular flexibility index (Phi) is 6.91. The average Bonchev–Trinajstić information content (AvgIpc) is 2.64. The summed E-state index contributed by atoms with van der Waals surface area (Å²) in [5.41, 5.74) is 6.72. The van der Waals surface area contributed by atoms with Crippen molar-refractivity contribution < 1.29 is 14.3 Å². The van der Waals surface area contributed by atoms with E-state index in [-0.39, 0.29) is 18.4 Å². The molecule has 6 nitrogen and oxygen atoms in total. The first-order chi connectivity index (χ1) is 12.1. The Hall–Kier alpha value is -2.44. The molecule has 134 valence electrons. The molecule has 0 radical (unpaired) electrons. The van der Waals surface area contributed by atoms with Gasteiger partial charge in [-0.05, 0) is 22.8 Å². The second-order valence-corrected chi connectivity index (χ2v) is 5.89. The monoisotopic (exact) mass is 343 g/mol. The number of carbonyl (C=O) groups is 2. The number of carbonyl (C=O) groups excluding carboxylic acids is 2. The van der Waals surface area contributed by atoms with Crippen LogP contribution in [0.2, 0.25) is 0 Å². The zero-order valence-electron chi connectivity index (χ0n) is 14.6. The van der Waals surface area contributed by atoms with Gasteiger partial charge in [0, 0.05) is 13.7 Å². The van der Waals surface area contributed by atoms with Gasteiger partial charge in [0.05, 0.1) is 12.6 Å². The lowest BCUT2D eigenvalue weighted by atomic mass is 10.0. The summed E-state index contributed by atoms with van der Waals surface area (Å²) in [5.74, 6) is -0.656. The third-order valence-corrected chi connectivity index (χ3v) is 4.08. The quantitative estimate of drug-likeness (QED) is 0.674. The topological polar surface area (TPSA) is 93.5 Å². The highest BCUT2D eigenvalue weighted by Gasteiger charge is 2.23. The first-order valence-electron chi connectivity index (χ1n) is 8.36. The normalized spacial score (nSPS) is 13.2. The van der Waals surface area contributed by atoms with Gasteiger partial charge >= 0.3 is 0 Å². The summed E-state index contributed by atoms with van der Waals surface area (Å²) in [6.07, 6.45) is 0.503. The van der Waals surface area contributed by atoms with Crippen molar-refractivity contribution in [2.45, 2.75) is 32.0 Å². The van der Waals surface area contributed by atoms with Crippen LogP contribution in [-0.2, 0) is 20.9 Å². The molecular weight excluding hydrogens is 318 g/mol. The van der Waals surface area contributed by atoms with Crippen LogP contribution in [0.1, 0.15) is 18.9 Å². The van der Waals surface area contributed by atoms with Crippen LogP contribution in [0, 0.1) is 0 Å². The van der Waals surface area contributed by atoms with Crippen molar-refractivity contribution in [2.24, 2.45) is 5.73 Å². The van der Waals surface area contributed by atoms with Crippen LogP contribution in [0.25, 0.3) is 10.8 Å². The molecule has 0 aromatic heterocycles. The van der Waals surface area contributed by atoms with Crippen molar-refractivity contribution in [3.05, 3.63) is 48.0 Å². The summed E-state index contributed by atoms with van der Waals surface area (Å²) in [6, 6.07) is 12.5. The van der Waals surface area contributed by atoms with Crippen LogP contribution in [0.15, 0.2) is 42.5 Å². The van der Waals surface area contributed by atoms with E-state index in [2.05, 4.69) is 10.6 Å². The van der Waals surface area contributed by atoms with E-state index in [1.54, 1.807) is 0 Å². The van der Waals surface area contributed by atoms with E-state index in [9.17, 15) is 9.59 Å². The molecule has 2 aromatic carbocycles. The lowest BCUT2D eigenvalue weighted by Gasteiger charge is -2.20.